The Balaban J connectivity index is 0.00000196. The Kier molecular flexibility index (Phi) is 5.60. The van der Waals surface area contributed by atoms with Gasteiger partial charge in [-0.15, -0.1) is 12.4 Å². The van der Waals surface area contributed by atoms with E-state index in [4.69, 9.17) is 5.73 Å². The molecule has 0 saturated carbocycles. The van der Waals surface area contributed by atoms with E-state index in [0.29, 0.717) is 6.07 Å². The highest BCUT2D eigenvalue weighted by Gasteiger charge is 2.16. The van der Waals surface area contributed by atoms with Crippen LogP contribution in [0.25, 0.3) is 0 Å². The molecule has 1 aromatic carbocycles. The molecule has 0 unspecified atom stereocenters. The number of nitrogens with two attached hydrogens (primary N) is 1. The van der Waals surface area contributed by atoms with E-state index in [-0.39, 0.29) is 24.4 Å². The predicted molar refractivity (Wildman–Crippen MR) is 51.1 cm³/mol. The maximum atomic E-state index is 13.0. The lowest BCUT2D eigenvalue weighted by Crippen LogP contribution is -2.14. The minimum absolute atomic E-state index is 0. The zero-order valence-corrected chi connectivity index (χ0v) is 8.46. The van der Waals surface area contributed by atoms with Crippen molar-refractivity contribution in [3.8, 4) is 0 Å². The molecular weight excluding hydrogens is 234 g/mol. The van der Waals surface area contributed by atoms with Crippen molar-refractivity contribution in [1.82, 2.24) is 0 Å². The van der Waals surface area contributed by atoms with Crippen molar-refractivity contribution in [3.63, 3.8) is 0 Å². The largest absolute Gasteiger partial charge is 0.324 e. The van der Waals surface area contributed by atoms with Gasteiger partial charge < -0.3 is 5.73 Å². The van der Waals surface area contributed by atoms with Gasteiger partial charge in [-0.25, -0.2) is 13.2 Å². The van der Waals surface area contributed by atoms with Gasteiger partial charge in [0.15, 0.2) is 11.6 Å². The Bertz CT molecular complexity index is 332. The number of hydrogen-bond donors (Lipinski definition) is 1. The second-order valence-electron chi connectivity index (χ2n) is 2.87. The second-order valence-corrected chi connectivity index (χ2v) is 2.87. The van der Waals surface area contributed by atoms with Crippen LogP contribution in [-0.2, 0) is 0 Å². The Labute approximate surface area is 90.7 Å². The minimum Gasteiger partial charge on any atom is -0.324 e. The van der Waals surface area contributed by atoms with Crippen molar-refractivity contribution in [2.75, 3.05) is 6.67 Å². The molecule has 1 rings (SSSR count). The molecule has 0 amide bonds. The van der Waals surface area contributed by atoms with Gasteiger partial charge in [-0.05, 0) is 12.5 Å². The SMILES string of the molecule is Cl.N[C@@H](CCF)c1cc(F)cc(F)c1F. The lowest BCUT2D eigenvalue weighted by Gasteiger charge is -2.11. The molecule has 0 aliphatic rings. The Morgan fingerprint density at radius 2 is 1.80 bits per heavy atom. The zero-order valence-electron chi connectivity index (χ0n) is 7.64. The van der Waals surface area contributed by atoms with Crippen LogP contribution in [0.1, 0.15) is 18.0 Å². The van der Waals surface area contributed by atoms with E-state index in [1.165, 1.54) is 0 Å². The maximum absolute atomic E-state index is 13.0. The van der Waals surface area contributed by atoms with E-state index in [1.54, 1.807) is 0 Å². The molecular formula is C9H10ClF4N. The Morgan fingerprint density at radius 3 is 2.33 bits per heavy atom. The molecule has 1 aromatic rings. The average Bonchev–Trinajstić information content (AvgIpc) is 2.11. The van der Waals surface area contributed by atoms with Crippen LogP contribution in [0.5, 0.6) is 0 Å². The molecule has 6 heteroatoms. The second kappa shape index (κ2) is 5.92. The molecule has 2 N–H and O–H groups in total. The van der Waals surface area contributed by atoms with Crippen molar-refractivity contribution in [1.29, 1.82) is 0 Å². The monoisotopic (exact) mass is 243 g/mol. The molecule has 0 saturated heterocycles. The maximum Gasteiger partial charge on any atom is 0.163 e. The van der Waals surface area contributed by atoms with Crippen LogP contribution in [-0.4, -0.2) is 6.67 Å². The first-order chi connectivity index (χ1) is 6.56. The number of rotatable bonds is 3. The third kappa shape index (κ3) is 3.35. The number of hydrogen-bond acceptors (Lipinski definition) is 1. The molecule has 0 radical (unpaired) electrons. The highest BCUT2D eigenvalue weighted by Crippen LogP contribution is 2.21. The van der Waals surface area contributed by atoms with Gasteiger partial charge in [0.1, 0.15) is 5.82 Å². The van der Waals surface area contributed by atoms with Gasteiger partial charge in [0, 0.05) is 17.7 Å². The van der Waals surface area contributed by atoms with Gasteiger partial charge >= 0.3 is 0 Å². The van der Waals surface area contributed by atoms with Gasteiger partial charge in [-0.3, -0.25) is 4.39 Å². The number of benzene rings is 1. The molecule has 0 bridgehead atoms. The van der Waals surface area contributed by atoms with E-state index in [0.717, 1.165) is 6.07 Å². The summed E-state index contributed by atoms with van der Waals surface area (Å²) in [5.74, 6) is -3.45. The zero-order chi connectivity index (χ0) is 10.7. The Hall–Kier alpha value is -0.810. The number of halogens is 5. The van der Waals surface area contributed by atoms with Gasteiger partial charge in [-0.1, -0.05) is 0 Å². The van der Waals surface area contributed by atoms with Crippen molar-refractivity contribution in [2.24, 2.45) is 5.73 Å². The smallest absolute Gasteiger partial charge is 0.163 e. The Morgan fingerprint density at radius 1 is 1.20 bits per heavy atom. The first kappa shape index (κ1) is 14.2. The summed E-state index contributed by atoms with van der Waals surface area (Å²) in [5.41, 5.74) is 5.00. The van der Waals surface area contributed by atoms with Gasteiger partial charge in [0.25, 0.3) is 0 Å². The summed E-state index contributed by atoms with van der Waals surface area (Å²) < 4.78 is 50.2. The standard InChI is InChI=1S/C9H9F4N.ClH/c10-2-1-8(14)6-3-5(11)4-7(12)9(6)13;/h3-4,8H,1-2,14H2;1H/t8-;/m0./s1. The molecule has 0 aromatic heterocycles. The predicted octanol–water partition coefficient (Wildman–Crippen LogP) is 2.89. The summed E-state index contributed by atoms with van der Waals surface area (Å²) in [4.78, 5) is 0. The van der Waals surface area contributed by atoms with Crippen molar-refractivity contribution in [2.45, 2.75) is 12.5 Å². The first-order valence-corrected chi connectivity index (χ1v) is 4.02. The minimum atomic E-state index is -1.31. The highest BCUT2D eigenvalue weighted by molar-refractivity contribution is 5.85. The van der Waals surface area contributed by atoms with Gasteiger partial charge in [0.2, 0.25) is 0 Å². The normalized spacial score (nSPS) is 12.1. The van der Waals surface area contributed by atoms with Crippen LogP contribution in [0, 0.1) is 17.5 Å². The van der Waals surface area contributed by atoms with E-state index in [9.17, 15) is 17.6 Å². The van der Waals surface area contributed by atoms with Crippen molar-refractivity contribution < 1.29 is 17.6 Å². The van der Waals surface area contributed by atoms with E-state index < -0.39 is 30.2 Å². The fraction of sp³-hybridized carbons (Fsp3) is 0.333. The molecule has 1 atom stereocenters. The lowest BCUT2D eigenvalue weighted by molar-refractivity contribution is 0.423. The lowest BCUT2D eigenvalue weighted by atomic mass is 10.0. The molecule has 1 nitrogen and oxygen atoms in total. The van der Waals surface area contributed by atoms with E-state index in [2.05, 4.69) is 0 Å². The summed E-state index contributed by atoms with van der Waals surface area (Å²) >= 11 is 0. The molecule has 0 spiro atoms. The molecule has 86 valence electrons. The first-order valence-electron chi connectivity index (χ1n) is 4.02. The molecule has 0 aliphatic heterocycles. The van der Waals surface area contributed by atoms with Gasteiger partial charge in [0.05, 0.1) is 6.67 Å². The third-order valence-electron chi connectivity index (χ3n) is 1.84. The van der Waals surface area contributed by atoms with E-state index in [1.807, 2.05) is 0 Å². The van der Waals surface area contributed by atoms with Crippen LogP contribution in [0.15, 0.2) is 12.1 Å². The van der Waals surface area contributed by atoms with Crippen LogP contribution in [0.3, 0.4) is 0 Å². The fourth-order valence-corrected chi connectivity index (χ4v) is 1.12. The van der Waals surface area contributed by atoms with Crippen LogP contribution >= 0.6 is 12.4 Å². The molecule has 0 aliphatic carbocycles. The molecule has 0 heterocycles. The summed E-state index contributed by atoms with van der Waals surface area (Å²) in [5, 5.41) is 0. The highest BCUT2D eigenvalue weighted by atomic mass is 35.5. The van der Waals surface area contributed by atoms with Crippen molar-refractivity contribution >= 4 is 12.4 Å². The average molecular weight is 244 g/mol. The topological polar surface area (TPSA) is 26.0 Å². The van der Waals surface area contributed by atoms with Crippen LogP contribution < -0.4 is 5.73 Å². The summed E-state index contributed by atoms with van der Waals surface area (Å²) in [7, 11) is 0. The summed E-state index contributed by atoms with van der Waals surface area (Å²) in [6.45, 7) is -0.765. The summed E-state index contributed by atoms with van der Waals surface area (Å²) in [6.07, 6.45) is -0.167. The molecule has 15 heavy (non-hydrogen) atoms. The third-order valence-corrected chi connectivity index (χ3v) is 1.84. The van der Waals surface area contributed by atoms with Gasteiger partial charge in [-0.2, -0.15) is 0 Å². The molecule has 0 fully saturated rings. The summed E-state index contributed by atoms with van der Waals surface area (Å²) in [6, 6.07) is 0.171. The van der Waals surface area contributed by atoms with Crippen LogP contribution in [0.2, 0.25) is 0 Å². The quantitative estimate of drug-likeness (QED) is 0.641. The fourth-order valence-electron chi connectivity index (χ4n) is 1.12. The van der Waals surface area contributed by atoms with Crippen molar-refractivity contribution in [3.05, 3.63) is 35.1 Å². The number of alkyl halides is 1. The van der Waals surface area contributed by atoms with E-state index >= 15 is 0 Å². The van der Waals surface area contributed by atoms with Crippen LogP contribution in [0.4, 0.5) is 17.6 Å².